The van der Waals surface area contributed by atoms with E-state index in [-0.39, 0.29) is 17.4 Å². The van der Waals surface area contributed by atoms with Crippen molar-refractivity contribution >= 4 is 5.71 Å². The topological polar surface area (TPSA) is 58.9 Å². The molecule has 0 rings (SSSR count). The average molecular weight is 182 g/mol. The molecule has 0 radical (unpaired) electrons. The molecule has 0 aromatic rings. The van der Waals surface area contributed by atoms with Gasteiger partial charge in [0.1, 0.15) is 0 Å². The normalized spacial score (nSPS) is 13.2. The van der Waals surface area contributed by atoms with Crippen molar-refractivity contribution in [3.63, 3.8) is 0 Å². The Balaban J connectivity index is 0. The van der Waals surface area contributed by atoms with E-state index in [1.165, 1.54) is 13.8 Å². The summed E-state index contributed by atoms with van der Waals surface area (Å²) in [7, 11) is 0. The van der Waals surface area contributed by atoms with E-state index in [2.05, 4.69) is 0 Å². The molecule has 0 aliphatic rings. The Morgan fingerprint density at radius 2 is 1.42 bits per heavy atom. The van der Waals surface area contributed by atoms with Gasteiger partial charge in [-0.2, -0.15) is 13.2 Å². The van der Waals surface area contributed by atoms with E-state index >= 15 is 0 Å². The molecule has 0 aliphatic heterocycles. The van der Waals surface area contributed by atoms with Crippen molar-refractivity contribution in [2.24, 2.45) is 0 Å². The van der Waals surface area contributed by atoms with Crippen molar-refractivity contribution in [1.29, 1.82) is 5.41 Å². The molecule has 0 heterocycles. The lowest BCUT2D eigenvalue weighted by molar-refractivity contribution is -0.0918. The van der Waals surface area contributed by atoms with Gasteiger partial charge < -0.3 is 11.6 Å². The van der Waals surface area contributed by atoms with Crippen LogP contribution in [-0.4, -0.2) is 11.9 Å². The zero-order chi connectivity index (χ0) is 9.23. The molecule has 5 heteroatoms. The molecule has 0 atom stereocenters. The maximum atomic E-state index is 11.9. The molecule has 72 valence electrons. The first kappa shape index (κ1) is 13.7. The van der Waals surface area contributed by atoms with Crippen LogP contribution in [0.1, 0.15) is 20.8 Å². The van der Waals surface area contributed by atoms with Gasteiger partial charge in [-0.3, -0.25) is 0 Å². The Hall–Kier alpha value is -0.840. The number of allylic oxidation sites excluding steroid dienone is 2. The quantitative estimate of drug-likeness (QED) is 0.601. The first-order valence-corrected chi connectivity index (χ1v) is 3.07. The maximum absolute atomic E-state index is 11.9. The number of hydrogen-bond donors (Lipinski definition) is 2. The average Bonchev–Trinajstić information content (AvgIpc) is 1.82. The highest BCUT2D eigenvalue weighted by Crippen LogP contribution is 2.27. The van der Waals surface area contributed by atoms with Crippen LogP contribution in [0.3, 0.4) is 0 Å². The number of hydrogen-bond acceptors (Lipinski definition) is 2. The second-order valence-corrected chi connectivity index (χ2v) is 2.37. The minimum atomic E-state index is -4.30. The fraction of sp³-hybridized carbons (Fsp3) is 0.571. The third-order valence-corrected chi connectivity index (χ3v) is 1.55. The lowest BCUT2D eigenvalue weighted by Gasteiger charge is -2.09. The second-order valence-electron chi connectivity index (χ2n) is 2.37. The lowest BCUT2D eigenvalue weighted by atomic mass is 10.1. The van der Waals surface area contributed by atoms with E-state index in [1.54, 1.807) is 0 Å². The second kappa shape index (κ2) is 4.25. The summed E-state index contributed by atoms with van der Waals surface area (Å²) in [6.45, 7) is 3.61. The SMILES string of the molecule is CC(=N)/C(C)=C(\C)C(F)(F)F.N. The fourth-order valence-corrected chi connectivity index (χ4v) is 0.494. The summed E-state index contributed by atoms with van der Waals surface area (Å²) in [4.78, 5) is 0. The fourth-order valence-electron chi connectivity index (χ4n) is 0.494. The van der Waals surface area contributed by atoms with Gasteiger partial charge in [0.05, 0.1) is 0 Å². The molecule has 0 saturated heterocycles. The van der Waals surface area contributed by atoms with Crippen molar-refractivity contribution in [3.05, 3.63) is 11.1 Å². The van der Waals surface area contributed by atoms with Gasteiger partial charge in [0.25, 0.3) is 0 Å². The Kier molecular flexibility index (Phi) is 4.86. The summed E-state index contributed by atoms with van der Waals surface area (Å²) in [5, 5.41) is 6.95. The number of halogens is 3. The molecular formula is C7H13F3N2. The van der Waals surface area contributed by atoms with E-state index in [0.717, 1.165) is 6.92 Å². The molecule has 4 N–H and O–H groups in total. The van der Waals surface area contributed by atoms with Gasteiger partial charge in [-0.25, -0.2) is 0 Å². The molecule has 0 unspecified atom stereocenters. The first-order chi connectivity index (χ1) is 4.76. The summed E-state index contributed by atoms with van der Waals surface area (Å²) < 4.78 is 35.7. The van der Waals surface area contributed by atoms with Crippen molar-refractivity contribution in [2.75, 3.05) is 0 Å². The molecule has 0 aromatic carbocycles. The molecular weight excluding hydrogens is 169 g/mol. The Bertz CT molecular complexity index is 203. The van der Waals surface area contributed by atoms with E-state index < -0.39 is 11.7 Å². The monoisotopic (exact) mass is 182 g/mol. The van der Waals surface area contributed by atoms with Crippen molar-refractivity contribution in [1.82, 2.24) is 6.15 Å². The summed E-state index contributed by atoms with van der Waals surface area (Å²) in [6.07, 6.45) is -4.30. The third-order valence-electron chi connectivity index (χ3n) is 1.55. The molecule has 0 spiro atoms. The summed E-state index contributed by atoms with van der Waals surface area (Å²) >= 11 is 0. The van der Waals surface area contributed by atoms with E-state index in [1.807, 2.05) is 0 Å². The summed E-state index contributed by atoms with van der Waals surface area (Å²) in [5.74, 6) is 0. The van der Waals surface area contributed by atoms with Crippen LogP contribution in [0.4, 0.5) is 13.2 Å². The van der Waals surface area contributed by atoms with Crippen molar-refractivity contribution < 1.29 is 13.2 Å². The first-order valence-electron chi connectivity index (χ1n) is 3.07. The van der Waals surface area contributed by atoms with Crippen LogP contribution in [0, 0.1) is 5.41 Å². The zero-order valence-corrected chi connectivity index (χ0v) is 7.34. The van der Waals surface area contributed by atoms with Crippen LogP contribution >= 0.6 is 0 Å². The van der Waals surface area contributed by atoms with Crippen LogP contribution in [-0.2, 0) is 0 Å². The van der Waals surface area contributed by atoms with Gasteiger partial charge in [0, 0.05) is 11.3 Å². The van der Waals surface area contributed by atoms with Gasteiger partial charge in [-0.15, -0.1) is 0 Å². The molecule has 0 fully saturated rings. The van der Waals surface area contributed by atoms with E-state index in [0.29, 0.717) is 0 Å². The highest BCUT2D eigenvalue weighted by Gasteiger charge is 2.31. The van der Waals surface area contributed by atoms with E-state index in [4.69, 9.17) is 5.41 Å². The van der Waals surface area contributed by atoms with Crippen LogP contribution in [0.5, 0.6) is 0 Å². The maximum Gasteiger partial charge on any atom is 0.412 e. The third kappa shape index (κ3) is 3.52. The smallest absolute Gasteiger partial charge is 0.344 e. The van der Waals surface area contributed by atoms with Crippen LogP contribution in [0.15, 0.2) is 11.1 Å². The van der Waals surface area contributed by atoms with E-state index in [9.17, 15) is 13.2 Å². The predicted molar refractivity (Wildman–Crippen MR) is 42.9 cm³/mol. The van der Waals surface area contributed by atoms with Crippen molar-refractivity contribution in [3.8, 4) is 0 Å². The van der Waals surface area contributed by atoms with Gasteiger partial charge in [-0.1, -0.05) is 0 Å². The highest BCUT2D eigenvalue weighted by molar-refractivity contribution is 5.95. The molecule has 0 bridgehead atoms. The minimum Gasteiger partial charge on any atom is -0.344 e. The van der Waals surface area contributed by atoms with Crippen LogP contribution in [0.2, 0.25) is 0 Å². The standard InChI is InChI=1S/C7H10F3N.H3N/c1-4(6(3)11)5(2)7(8,9)10;/h11H,1-3H3;1H3/b5-4+,11-6?;. The highest BCUT2D eigenvalue weighted by atomic mass is 19.4. The number of alkyl halides is 3. The summed E-state index contributed by atoms with van der Waals surface area (Å²) in [6, 6.07) is 0. The lowest BCUT2D eigenvalue weighted by Crippen LogP contribution is -2.13. The molecule has 0 aromatic heterocycles. The number of rotatable bonds is 1. The largest absolute Gasteiger partial charge is 0.412 e. The van der Waals surface area contributed by atoms with Gasteiger partial charge in [0.2, 0.25) is 0 Å². The Morgan fingerprint density at radius 1 is 1.08 bits per heavy atom. The van der Waals surface area contributed by atoms with Crippen LogP contribution in [0.25, 0.3) is 0 Å². The molecule has 12 heavy (non-hydrogen) atoms. The van der Waals surface area contributed by atoms with Crippen molar-refractivity contribution in [2.45, 2.75) is 26.9 Å². The van der Waals surface area contributed by atoms with Crippen LogP contribution < -0.4 is 6.15 Å². The predicted octanol–water partition coefficient (Wildman–Crippen LogP) is 3.09. The number of nitrogens with one attached hydrogen (secondary N) is 1. The molecule has 0 amide bonds. The molecule has 0 aliphatic carbocycles. The summed E-state index contributed by atoms with van der Waals surface area (Å²) in [5.41, 5.74) is -0.734. The zero-order valence-electron chi connectivity index (χ0n) is 7.34. The Morgan fingerprint density at radius 3 is 1.50 bits per heavy atom. The van der Waals surface area contributed by atoms with Gasteiger partial charge in [-0.05, 0) is 26.3 Å². The molecule has 0 saturated carbocycles. The van der Waals surface area contributed by atoms with Gasteiger partial charge in [0.15, 0.2) is 0 Å². The minimum absolute atomic E-state index is 0. The van der Waals surface area contributed by atoms with Gasteiger partial charge >= 0.3 is 6.18 Å². The Labute approximate surface area is 69.6 Å². The molecule has 2 nitrogen and oxygen atoms in total.